The van der Waals surface area contributed by atoms with Gasteiger partial charge in [0.05, 0.1) is 20.8 Å². The van der Waals surface area contributed by atoms with Gasteiger partial charge >= 0.3 is 0 Å². The third-order valence-electron chi connectivity index (χ3n) is 4.69. The van der Waals surface area contributed by atoms with E-state index in [2.05, 4.69) is 5.32 Å². The lowest BCUT2D eigenvalue weighted by atomic mass is 10.1. The molecule has 2 aromatic carbocycles. The summed E-state index contributed by atoms with van der Waals surface area (Å²) in [7, 11) is -2.55. The van der Waals surface area contributed by atoms with Crippen LogP contribution in [0.4, 0.5) is 17.1 Å². The zero-order chi connectivity index (χ0) is 23.3. The molecule has 0 spiro atoms. The summed E-state index contributed by atoms with van der Waals surface area (Å²) in [5.41, 5.74) is 0.0613. The Labute approximate surface area is 178 Å². The molecule has 13 heteroatoms. The Hall–Kier alpha value is -3.58. The first-order chi connectivity index (χ1) is 14.4. The Morgan fingerprint density at radius 3 is 2.42 bits per heavy atom. The Morgan fingerprint density at radius 1 is 1.16 bits per heavy atom. The van der Waals surface area contributed by atoms with Crippen LogP contribution in [0.5, 0.6) is 0 Å². The van der Waals surface area contributed by atoms with Crippen LogP contribution in [0.15, 0.2) is 47.4 Å². The van der Waals surface area contributed by atoms with E-state index in [-0.39, 0.29) is 30.2 Å². The molecule has 0 saturated carbocycles. The lowest BCUT2D eigenvalue weighted by Crippen LogP contribution is -2.31. The van der Waals surface area contributed by atoms with E-state index in [1.54, 1.807) is 20.0 Å². The summed E-state index contributed by atoms with van der Waals surface area (Å²) in [6, 6.07) is 8.70. The highest BCUT2D eigenvalue weighted by Gasteiger charge is 2.21. The predicted molar refractivity (Wildman–Crippen MR) is 112 cm³/mol. The summed E-state index contributed by atoms with van der Waals surface area (Å²) in [5.74, 6) is -0.296. The van der Waals surface area contributed by atoms with Crippen LogP contribution in [0, 0.1) is 20.2 Å². The van der Waals surface area contributed by atoms with E-state index in [4.69, 9.17) is 5.14 Å². The molecule has 1 unspecified atom stereocenters. The van der Waals surface area contributed by atoms with Crippen molar-refractivity contribution in [2.45, 2.75) is 24.3 Å². The molecule has 0 bridgehead atoms. The molecule has 0 saturated heterocycles. The Kier molecular flexibility index (Phi) is 7.25. The highest BCUT2D eigenvalue weighted by molar-refractivity contribution is 7.89. The maximum absolute atomic E-state index is 12.5. The number of benzene rings is 2. The predicted octanol–water partition coefficient (Wildman–Crippen LogP) is 2.17. The largest absolute Gasteiger partial charge is 0.379 e. The Bertz CT molecular complexity index is 1120. The van der Waals surface area contributed by atoms with Gasteiger partial charge < -0.3 is 10.2 Å². The topological polar surface area (TPSA) is 179 Å². The van der Waals surface area contributed by atoms with Gasteiger partial charge in [0.15, 0.2) is 0 Å². The normalized spacial score (nSPS) is 12.1. The quantitative estimate of drug-likeness (QED) is 0.430. The number of amides is 1. The number of nitro groups is 2. The minimum Gasteiger partial charge on any atom is -0.379 e. The second-order valence-electron chi connectivity index (χ2n) is 6.69. The molecule has 31 heavy (non-hydrogen) atoms. The van der Waals surface area contributed by atoms with Gasteiger partial charge in [-0.05, 0) is 24.6 Å². The number of hydrogen-bond acceptors (Lipinski definition) is 8. The van der Waals surface area contributed by atoms with E-state index in [1.165, 1.54) is 29.2 Å². The second kappa shape index (κ2) is 9.49. The standard InChI is InChI=1S/C18H21N5O7S/c1-12(13-4-3-5-14(10-13)22(25)26)21(2)18(24)8-9-20-16-7-6-15(31(19,29)30)11-17(16)23(27)28/h3-7,10-12,20H,8-9H2,1-2H3,(H2,19,29,30). The molecule has 12 nitrogen and oxygen atoms in total. The molecular formula is C18H21N5O7S. The van der Waals surface area contributed by atoms with E-state index >= 15 is 0 Å². The molecule has 166 valence electrons. The van der Waals surface area contributed by atoms with Crippen LogP contribution in [0.1, 0.15) is 24.9 Å². The number of sulfonamides is 1. The summed E-state index contributed by atoms with van der Waals surface area (Å²) in [6.07, 6.45) is -0.0239. The molecule has 0 aliphatic heterocycles. The van der Waals surface area contributed by atoms with Gasteiger partial charge in [-0.25, -0.2) is 13.6 Å². The van der Waals surface area contributed by atoms with Crippen LogP contribution in [-0.2, 0) is 14.8 Å². The van der Waals surface area contributed by atoms with Crippen molar-refractivity contribution in [3.63, 3.8) is 0 Å². The molecule has 3 N–H and O–H groups in total. The molecular weight excluding hydrogens is 430 g/mol. The van der Waals surface area contributed by atoms with Crippen LogP contribution in [-0.4, -0.2) is 42.7 Å². The van der Waals surface area contributed by atoms with Crippen molar-refractivity contribution in [3.05, 3.63) is 68.3 Å². The van der Waals surface area contributed by atoms with Crippen LogP contribution in [0.3, 0.4) is 0 Å². The first-order valence-corrected chi connectivity index (χ1v) is 10.5. The number of hydrogen-bond donors (Lipinski definition) is 2. The molecule has 2 rings (SSSR count). The summed E-state index contributed by atoms with van der Waals surface area (Å²) in [4.78, 5) is 34.4. The van der Waals surface area contributed by atoms with Crippen molar-refractivity contribution < 1.29 is 23.1 Å². The first kappa shape index (κ1) is 23.7. The van der Waals surface area contributed by atoms with E-state index in [9.17, 15) is 33.4 Å². The highest BCUT2D eigenvalue weighted by Crippen LogP contribution is 2.27. The molecule has 0 heterocycles. The number of rotatable bonds is 9. The molecule has 0 aliphatic carbocycles. The average Bonchev–Trinajstić information content (AvgIpc) is 2.71. The summed E-state index contributed by atoms with van der Waals surface area (Å²) in [5, 5.41) is 29.9. The number of carbonyl (C=O) groups is 1. The number of nitro benzene ring substituents is 2. The van der Waals surface area contributed by atoms with Crippen molar-refractivity contribution in [1.29, 1.82) is 0 Å². The zero-order valence-corrected chi connectivity index (χ0v) is 17.5. The van der Waals surface area contributed by atoms with Crippen molar-refractivity contribution in [2.75, 3.05) is 18.9 Å². The highest BCUT2D eigenvalue weighted by atomic mass is 32.2. The smallest absolute Gasteiger partial charge is 0.293 e. The molecule has 1 atom stereocenters. The summed E-state index contributed by atoms with van der Waals surface area (Å²) >= 11 is 0. The number of non-ortho nitro benzene ring substituents is 1. The van der Waals surface area contributed by atoms with Crippen LogP contribution in [0.25, 0.3) is 0 Å². The molecule has 0 aromatic heterocycles. The van der Waals surface area contributed by atoms with E-state index < -0.39 is 36.5 Å². The lowest BCUT2D eigenvalue weighted by Gasteiger charge is -2.25. The van der Waals surface area contributed by atoms with Crippen LogP contribution >= 0.6 is 0 Å². The fourth-order valence-electron chi connectivity index (χ4n) is 2.81. The number of nitrogens with one attached hydrogen (secondary N) is 1. The number of primary sulfonamides is 1. The third kappa shape index (κ3) is 5.96. The molecule has 0 fully saturated rings. The van der Waals surface area contributed by atoms with Gasteiger partial charge in [-0.15, -0.1) is 0 Å². The van der Waals surface area contributed by atoms with Gasteiger partial charge in [0.1, 0.15) is 5.69 Å². The molecule has 0 aliphatic rings. The van der Waals surface area contributed by atoms with Gasteiger partial charge in [-0.3, -0.25) is 25.0 Å². The monoisotopic (exact) mass is 451 g/mol. The zero-order valence-electron chi connectivity index (χ0n) is 16.7. The maximum Gasteiger partial charge on any atom is 0.293 e. The van der Waals surface area contributed by atoms with Gasteiger partial charge in [-0.2, -0.15) is 0 Å². The lowest BCUT2D eigenvalue weighted by molar-refractivity contribution is -0.385. The minimum atomic E-state index is -4.10. The van der Waals surface area contributed by atoms with Crippen molar-refractivity contribution in [1.82, 2.24) is 4.90 Å². The average molecular weight is 451 g/mol. The number of carbonyl (C=O) groups excluding carboxylic acids is 1. The fraction of sp³-hybridized carbons (Fsp3) is 0.278. The van der Waals surface area contributed by atoms with Gasteiger partial charge in [0.25, 0.3) is 11.4 Å². The van der Waals surface area contributed by atoms with Crippen molar-refractivity contribution >= 4 is 33.0 Å². The second-order valence-corrected chi connectivity index (χ2v) is 8.25. The fourth-order valence-corrected chi connectivity index (χ4v) is 3.34. The van der Waals surface area contributed by atoms with Gasteiger partial charge in [0, 0.05) is 38.2 Å². The molecule has 2 aromatic rings. The number of nitrogens with zero attached hydrogens (tertiary/aromatic N) is 3. The SMILES string of the molecule is CC(c1cccc([N+](=O)[O-])c1)N(C)C(=O)CCNc1ccc(S(N)(=O)=O)cc1[N+](=O)[O-]. The van der Waals surface area contributed by atoms with Crippen LogP contribution < -0.4 is 10.5 Å². The first-order valence-electron chi connectivity index (χ1n) is 8.97. The van der Waals surface area contributed by atoms with Gasteiger partial charge in [-0.1, -0.05) is 12.1 Å². The Balaban J connectivity index is 2.05. The van der Waals surface area contributed by atoms with Crippen molar-refractivity contribution in [3.8, 4) is 0 Å². The summed E-state index contributed by atoms with van der Waals surface area (Å²) in [6.45, 7) is 1.77. The van der Waals surface area contributed by atoms with Crippen molar-refractivity contribution in [2.24, 2.45) is 5.14 Å². The number of anilines is 1. The molecule has 0 radical (unpaired) electrons. The van der Waals surface area contributed by atoms with Gasteiger partial charge in [0.2, 0.25) is 15.9 Å². The third-order valence-corrected chi connectivity index (χ3v) is 5.60. The van der Waals surface area contributed by atoms with E-state index in [0.717, 1.165) is 12.1 Å². The minimum absolute atomic E-state index is 0.0239. The molecule has 1 amide bonds. The number of nitrogens with two attached hydrogens (primary N) is 1. The van der Waals surface area contributed by atoms with E-state index in [1.807, 2.05) is 0 Å². The van der Waals surface area contributed by atoms with Crippen LogP contribution in [0.2, 0.25) is 0 Å². The Morgan fingerprint density at radius 2 is 1.84 bits per heavy atom. The van der Waals surface area contributed by atoms with E-state index in [0.29, 0.717) is 5.56 Å². The summed E-state index contributed by atoms with van der Waals surface area (Å²) < 4.78 is 22.8. The maximum atomic E-state index is 12.5.